The SMILES string of the molecule is O=CC[C@@H](O)Cc1cc(F)c(F)cc1F. The second kappa shape index (κ2) is 4.93. The molecule has 1 aromatic rings. The minimum absolute atomic E-state index is 0.150. The Labute approximate surface area is 84.3 Å². The summed E-state index contributed by atoms with van der Waals surface area (Å²) < 4.78 is 38.2. The van der Waals surface area contributed by atoms with Crippen LogP contribution in [0.2, 0.25) is 0 Å². The van der Waals surface area contributed by atoms with E-state index >= 15 is 0 Å². The summed E-state index contributed by atoms with van der Waals surface area (Å²) in [6, 6.07) is 1.09. The van der Waals surface area contributed by atoms with Gasteiger partial charge in [-0.25, -0.2) is 13.2 Å². The van der Waals surface area contributed by atoms with Crippen LogP contribution in [0.5, 0.6) is 0 Å². The molecule has 0 saturated carbocycles. The Morgan fingerprint density at radius 1 is 1.20 bits per heavy atom. The van der Waals surface area contributed by atoms with Crippen molar-refractivity contribution < 1.29 is 23.1 Å². The number of rotatable bonds is 4. The fourth-order valence-corrected chi connectivity index (χ4v) is 1.17. The zero-order valence-electron chi connectivity index (χ0n) is 7.71. The lowest BCUT2D eigenvalue weighted by atomic mass is 10.1. The Balaban J connectivity index is 2.85. The van der Waals surface area contributed by atoms with E-state index in [1.165, 1.54) is 0 Å². The quantitative estimate of drug-likeness (QED) is 0.615. The molecule has 1 atom stereocenters. The van der Waals surface area contributed by atoms with Gasteiger partial charge in [-0.15, -0.1) is 0 Å². The molecular formula is C10H9F3O2. The number of halogens is 3. The van der Waals surface area contributed by atoms with E-state index < -0.39 is 23.6 Å². The van der Waals surface area contributed by atoms with Gasteiger partial charge in [-0.05, 0) is 11.6 Å². The van der Waals surface area contributed by atoms with E-state index in [0.717, 1.165) is 0 Å². The Bertz CT molecular complexity index is 366. The van der Waals surface area contributed by atoms with Gasteiger partial charge in [-0.2, -0.15) is 0 Å². The summed E-state index contributed by atoms with van der Waals surface area (Å²) in [7, 11) is 0. The first kappa shape index (κ1) is 11.7. The molecule has 1 N–H and O–H groups in total. The van der Waals surface area contributed by atoms with Crippen LogP contribution in [0.1, 0.15) is 12.0 Å². The molecule has 0 amide bonds. The largest absolute Gasteiger partial charge is 0.392 e. The number of benzene rings is 1. The first-order valence-corrected chi connectivity index (χ1v) is 4.29. The van der Waals surface area contributed by atoms with Crippen LogP contribution in [0.25, 0.3) is 0 Å². The number of carbonyl (C=O) groups excluding carboxylic acids is 1. The number of hydrogen-bond acceptors (Lipinski definition) is 2. The summed E-state index contributed by atoms with van der Waals surface area (Å²) >= 11 is 0. The summed E-state index contributed by atoms with van der Waals surface area (Å²) in [6.45, 7) is 0. The zero-order valence-corrected chi connectivity index (χ0v) is 7.71. The second-order valence-corrected chi connectivity index (χ2v) is 3.12. The smallest absolute Gasteiger partial charge is 0.161 e. The van der Waals surface area contributed by atoms with Gasteiger partial charge in [0.25, 0.3) is 0 Å². The van der Waals surface area contributed by atoms with Crippen LogP contribution in [0.4, 0.5) is 13.2 Å². The van der Waals surface area contributed by atoms with Crippen LogP contribution in [-0.2, 0) is 11.2 Å². The van der Waals surface area contributed by atoms with Gasteiger partial charge >= 0.3 is 0 Å². The summed E-state index contributed by atoms with van der Waals surface area (Å²) in [5.41, 5.74) is -0.150. The molecule has 0 spiro atoms. The Kier molecular flexibility index (Phi) is 3.85. The van der Waals surface area contributed by atoms with Gasteiger partial charge < -0.3 is 9.90 Å². The monoisotopic (exact) mass is 218 g/mol. The van der Waals surface area contributed by atoms with Gasteiger partial charge in [0.15, 0.2) is 11.6 Å². The lowest BCUT2D eigenvalue weighted by Crippen LogP contribution is -2.12. The maximum absolute atomic E-state index is 13.0. The number of carbonyl (C=O) groups is 1. The first-order valence-electron chi connectivity index (χ1n) is 4.29. The van der Waals surface area contributed by atoms with Crippen LogP contribution >= 0.6 is 0 Å². The average molecular weight is 218 g/mol. The van der Waals surface area contributed by atoms with Crippen molar-refractivity contribution in [1.29, 1.82) is 0 Å². The molecule has 0 heterocycles. The molecule has 1 rings (SSSR count). The molecular weight excluding hydrogens is 209 g/mol. The van der Waals surface area contributed by atoms with E-state index in [0.29, 0.717) is 18.4 Å². The van der Waals surface area contributed by atoms with Crippen molar-refractivity contribution in [1.82, 2.24) is 0 Å². The lowest BCUT2D eigenvalue weighted by molar-refractivity contribution is -0.109. The molecule has 0 aliphatic rings. The van der Waals surface area contributed by atoms with Crippen molar-refractivity contribution in [2.24, 2.45) is 0 Å². The molecule has 0 aromatic heterocycles. The van der Waals surface area contributed by atoms with Crippen molar-refractivity contribution in [3.63, 3.8) is 0 Å². The molecule has 1 aromatic carbocycles. The van der Waals surface area contributed by atoms with Crippen LogP contribution in [0.15, 0.2) is 12.1 Å². The van der Waals surface area contributed by atoms with Gasteiger partial charge in [-0.1, -0.05) is 0 Å². The number of aliphatic hydroxyl groups is 1. The van der Waals surface area contributed by atoms with Crippen LogP contribution < -0.4 is 0 Å². The summed E-state index contributed by atoms with van der Waals surface area (Å²) in [4.78, 5) is 10.0. The minimum atomic E-state index is -1.28. The Morgan fingerprint density at radius 2 is 1.80 bits per heavy atom. The van der Waals surface area contributed by atoms with E-state index in [1.807, 2.05) is 0 Å². The molecule has 15 heavy (non-hydrogen) atoms. The summed E-state index contributed by atoms with van der Waals surface area (Å²) in [5.74, 6) is -3.38. The number of hydrogen-bond donors (Lipinski definition) is 1. The third-order valence-corrected chi connectivity index (χ3v) is 1.91. The van der Waals surface area contributed by atoms with E-state index in [9.17, 15) is 23.1 Å². The van der Waals surface area contributed by atoms with E-state index in [2.05, 4.69) is 0 Å². The molecule has 0 aliphatic carbocycles. The summed E-state index contributed by atoms with van der Waals surface area (Å²) in [5, 5.41) is 9.17. The second-order valence-electron chi connectivity index (χ2n) is 3.12. The summed E-state index contributed by atoms with van der Waals surface area (Å²) in [6.07, 6.45) is -0.996. The van der Waals surface area contributed by atoms with Gasteiger partial charge in [0.1, 0.15) is 12.1 Å². The molecule has 0 saturated heterocycles. The Morgan fingerprint density at radius 3 is 2.40 bits per heavy atom. The molecule has 0 aliphatic heterocycles. The normalized spacial score (nSPS) is 12.5. The van der Waals surface area contributed by atoms with E-state index in [1.54, 1.807) is 0 Å². The maximum Gasteiger partial charge on any atom is 0.161 e. The predicted octanol–water partition coefficient (Wildman–Crippen LogP) is 1.60. The molecule has 2 nitrogen and oxygen atoms in total. The van der Waals surface area contributed by atoms with E-state index in [-0.39, 0.29) is 18.4 Å². The van der Waals surface area contributed by atoms with Gasteiger partial charge in [0, 0.05) is 18.9 Å². The third-order valence-electron chi connectivity index (χ3n) is 1.91. The van der Waals surface area contributed by atoms with Gasteiger partial charge in [0.05, 0.1) is 6.10 Å². The molecule has 0 bridgehead atoms. The van der Waals surface area contributed by atoms with Crippen molar-refractivity contribution >= 4 is 6.29 Å². The standard InChI is InChI=1S/C10H9F3O2/c11-8-5-10(13)9(12)4-6(8)3-7(15)1-2-14/h2,4-5,7,15H,1,3H2/t7-/m1/s1. The van der Waals surface area contributed by atoms with Gasteiger partial charge in [-0.3, -0.25) is 0 Å². The van der Waals surface area contributed by atoms with Crippen molar-refractivity contribution in [3.05, 3.63) is 35.1 Å². The van der Waals surface area contributed by atoms with Crippen molar-refractivity contribution in [2.45, 2.75) is 18.9 Å². The maximum atomic E-state index is 13.0. The molecule has 0 fully saturated rings. The zero-order chi connectivity index (χ0) is 11.4. The average Bonchev–Trinajstić information content (AvgIpc) is 2.14. The topological polar surface area (TPSA) is 37.3 Å². The molecule has 5 heteroatoms. The fourth-order valence-electron chi connectivity index (χ4n) is 1.17. The highest BCUT2D eigenvalue weighted by Crippen LogP contribution is 2.15. The van der Waals surface area contributed by atoms with Crippen molar-refractivity contribution in [3.8, 4) is 0 Å². The van der Waals surface area contributed by atoms with Crippen molar-refractivity contribution in [2.75, 3.05) is 0 Å². The lowest BCUT2D eigenvalue weighted by Gasteiger charge is -2.08. The number of aldehydes is 1. The minimum Gasteiger partial charge on any atom is -0.392 e. The molecule has 0 unspecified atom stereocenters. The molecule has 82 valence electrons. The predicted molar refractivity (Wildman–Crippen MR) is 46.7 cm³/mol. The van der Waals surface area contributed by atoms with Crippen LogP contribution in [0, 0.1) is 17.5 Å². The highest BCUT2D eigenvalue weighted by molar-refractivity contribution is 5.50. The van der Waals surface area contributed by atoms with Gasteiger partial charge in [0.2, 0.25) is 0 Å². The fraction of sp³-hybridized carbons (Fsp3) is 0.300. The Hall–Kier alpha value is -1.36. The third kappa shape index (κ3) is 3.06. The first-order chi connectivity index (χ1) is 7.04. The molecule has 0 radical (unpaired) electrons. The number of aliphatic hydroxyl groups excluding tert-OH is 1. The highest BCUT2D eigenvalue weighted by atomic mass is 19.2. The van der Waals surface area contributed by atoms with E-state index in [4.69, 9.17) is 0 Å². The van der Waals surface area contributed by atoms with Crippen LogP contribution in [0.3, 0.4) is 0 Å². The highest BCUT2D eigenvalue weighted by Gasteiger charge is 2.13. The van der Waals surface area contributed by atoms with Crippen LogP contribution in [-0.4, -0.2) is 17.5 Å².